The molecule has 1 atom stereocenters. The summed E-state index contributed by atoms with van der Waals surface area (Å²) in [6.07, 6.45) is -2.03. The molecular weight excluding hydrogens is 783 g/mol. The fourth-order valence-electron chi connectivity index (χ4n) is 7.16. The Morgan fingerprint density at radius 2 is 1.81 bits per heavy atom. The van der Waals surface area contributed by atoms with Crippen molar-refractivity contribution in [3.8, 4) is 11.8 Å². The number of aryl methyl sites for hydroxylation is 1. The molecule has 3 N–H and O–H groups in total. The van der Waals surface area contributed by atoms with Crippen LogP contribution in [0.5, 0.6) is 5.75 Å². The van der Waals surface area contributed by atoms with Crippen molar-refractivity contribution in [2.24, 2.45) is 0 Å². The van der Waals surface area contributed by atoms with Crippen molar-refractivity contribution in [2.45, 2.75) is 57.8 Å². The number of benzene rings is 2. The monoisotopic (exact) mass is 825 g/mol. The Morgan fingerprint density at radius 1 is 1.09 bits per heavy atom. The molecule has 3 aliphatic heterocycles. The SMILES string of the molecule is CCc1cc(N2C(=S)N(c3cnc(C#N)c(C(F)(F)F)c3)C(=O)C2(C)C)ccc1OCCN1CCN(CC(=O)Nc2cc(Cl)cc(NC3CCC(=O)NC3)c2)CC1. The van der Waals surface area contributed by atoms with E-state index in [9.17, 15) is 27.6 Å². The van der Waals surface area contributed by atoms with Gasteiger partial charge in [-0.05, 0) is 86.9 Å². The van der Waals surface area contributed by atoms with E-state index >= 15 is 0 Å². The van der Waals surface area contributed by atoms with Gasteiger partial charge in [0.2, 0.25) is 11.8 Å². The van der Waals surface area contributed by atoms with Crippen molar-refractivity contribution >= 4 is 69.4 Å². The minimum absolute atomic E-state index is 0.0174. The molecule has 2 aromatic carbocycles. The topological polar surface area (TPSA) is 146 Å². The highest BCUT2D eigenvalue weighted by atomic mass is 35.5. The van der Waals surface area contributed by atoms with Gasteiger partial charge in [0.25, 0.3) is 5.91 Å². The molecule has 0 spiro atoms. The average Bonchev–Trinajstić information content (AvgIpc) is 3.34. The lowest BCUT2D eigenvalue weighted by Crippen LogP contribution is -2.49. The molecule has 0 bridgehead atoms. The highest BCUT2D eigenvalue weighted by Crippen LogP contribution is 2.40. The van der Waals surface area contributed by atoms with E-state index in [0.717, 1.165) is 41.5 Å². The summed E-state index contributed by atoms with van der Waals surface area (Å²) in [4.78, 5) is 48.7. The first kappa shape index (κ1) is 41.6. The molecule has 13 nitrogen and oxygen atoms in total. The van der Waals surface area contributed by atoms with Crippen LogP contribution in [-0.2, 0) is 27.0 Å². The first-order chi connectivity index (χ1) is 27.1. The standard InChI is InChI=1S/C39H43ClF3N9O4S/c1-4-24-15-29(52-37(57)51(36(55)38(52,2)3)30-19-31(39(41,42)43)32(20-44)45-22-30)6-7-33(24)56-14-13-49-9-11-50(12-10-49)23-35(54)48-28-17-25(40)16-27(18-28)47-26-5-8-34(53)46-21-26/h6-7,15-19,22,26,47H,4-5,8-14,21,23H2,1-3H3,(H,46,53)(H,48,54). The van der Waals surface area contributed by atoms with E-state index in [2.05, 4.69) is 30.7 Å². The predicted molar refractivity (Wildman–Crippen MR) is 215 cm³/mol. The minimum atomic E-state index is -4.85. The van der Waals surface area contributed by atoms with Crippen LogP contribution in [0.4, 0.5) is 35.9 Å². The van der Waals surface area contributed by atoms with E-state index in [1.165, 1.54) is 6.07 Å². The fraction of sp³-hybridized carbons (Fsp3) is 0.436. The molecule has 0 radical (unpaired) electrons. The van der Waals surface area contributed by atoms with Gasteiger partial charge >= 0.3 is 6.18 Å². The van der Waals surface area contributed by atoms with Crippen molar-refractivity contribution in [1.29, 1.82) is 5.26 Å². The first-order valence-electron chi connectivity index (χ1n) is 18.6. The normalized spacial score (nSPS) is 19.0. The Kier molecular flexibility index (Phi) is 12.6. The summed E-state index contributed by atoms with van der Waals surface area (Å²) in [5.41, 5.74) is -0.669. The van der Waals surface area contributed by atoms with Crippen LogP contribution in [0.15, 0.2) is 48.7 Å². The number of thiocarbonyl (C=S) groups is 1. The Morgan fingerprint density at radius 3 is 2.47 bits per heavy atom. The van der Waals surface area contributed by atoms with Crippen molar-refractivity contribution in [3.63, 3.8) is 0 Å². The van der Waals surface area contributed by atoms with Gasteiger partial charge in [-0.3, -0.25) is 29.1 Å². The molecule has 3 fully saturated rings. The Hall–Kier alpha value is -5.02. The van der Waals surface area contributed by atoms with Gasteiger partial charge in [-0.1, -0.05) is 18.5 Å². The molecule has 3 saturated heterocycles. The zero-order chi connectivity index (χ0) is 41.1. The molecule has 302 valence electrons. The lowest BCUT2D eigenvalue weighted by molar-refractivity contribution is -0.138. The van der Waals surface area contributed by atoms with Crippen LogP contribution >= 0.6 is 23.8 Å². The second kappa shape index (κ2) is 17.2. The molecule has 3 amide bonds. The van der Waals surface area contributed by atoms with Crippen molar-refractivity contribution in [2.75, 3.05) is 72.9 Å². The number of hydrogen-bond acceptors (Lipinski definition) is 10. The van der Waals surface area contributed by atoms with Crippen molar-refractivity contribution < 1.29 is 32.3 Å². The predicted octanol–water partition coefficient (Wildman–Crippen LogP) is 5.43. The van der Waals surface area contributed by atoms with Crippen LogP contribution in [0.1, 0.15) is 50.4 Å². The fourth-order valence-corrected chi connectivity index (χ4v) is 7.91. The zero-order valence-electron chi connectivity index (χ0n) is 31.7. The second-order valence-corrected chi connectivity index (χ2v) is 15.4. The summed E-state index contributed by atoms with van der Waals surface area (Å²) in [6, 6.07) is 13.0. The maximum absolute atomic E-state index is 13.7. The molecule has 3 aliphatic rings. The van der Waals surface area contributed by atoms with E-state index < -0.39 is 28.9 Å². The number of nitrogens with zero attached hydrogens (tertiary/aromatic N) is 6. The Balaban J connectivity index is 0.999. The number of carbonyl (C=O) groups excluding carboxylic acids is 3. The van der Waals surface area contributed by atoms with E-state index in [0.29, 0.717) is 74.2 Å². The summed E-state index contributed by atoms with van der Waals surface area (Å²) >= 11 is 12.0. The number of anilines is 4. The van der Waals surface area contributed by atoms with E-state index in [-0.39, 0.29) is 35.2 Å². The minimum Gasteiger partial charge on any atom is -0.492 e. The number of nitrogens with one attached hydrogen (secondary N) is 3. The number of halogens is 4. The largest absolute Gasteiger partial charge is 0.492 e. The Labute approximate surface area is 339 Å². The Bertz CT molecular complexity index is 2080. The third kappa shape index (κ3) is 9.58. The number of aromatic nitrogens is 1. The smallest absolute Gasteiger partial charge is 0.419 e. The second-order valence-electron chi connectivity index (χ2n) is 14.6. The zero-order valence-corrected chi connectivity index (χ0v) is 33.3. The number of rotatable bonds is 12. The average molecular weight is 826 g/mol. The van der Waals surface area contributed by atoms with Crippen LogP contribution in [0.25, 0.3) is 0 Å². The van der Waals surface area contributed by atoms with E-state index in [4.69, 9.17) is 33.8 Å². The van der Waals surface area contributed by atoms with Crippen LogP contribution in [0, 0.1) is 11.3 Å². The molecule has 0 aliphatic carbocycles. The van der Waals surface area contributed by atoms with Gasteiger partial charge in [-0.25, -0.2) is 4.98 Å². The van der Waals surface area contributed by atoms with Gasteiger partial charge in [-0.2, -0.15) is 18.4 Å². The number of piperidine rings is 1. The van der Waals surface area contributed by atoms with Gasteiger partial charge in [0, 0.05) is 73.8 Å². The van der Waals surface area contributed by atoms with E-state index in [1.54, 1.807) is 43.0 Å². The first-order valence-corrected chi connectivity index (χ1v) is 19.4. The maximum Gasteiger partial charge on any atom is 0.419 e. The van der Waals surface area contributed by atoms with Crippen LogP contribution in [0.3, 0.4) is 0 Å². The molecule has 18 heteroatoms. The van der Waals surface area contributed by atoms with Gasteiger partial charge < -0.3 is 25.6 Å². The third-order valence-corrected chi connectivity index (χ3v) is 10.8. The molecule has 0 saturated carbocycles. The summed E-state index contributed by atoms with van der Waals surface area (Å²) < 4.78 is 47.4. The van der Waals surface area contributed by atoms with Crippen LogP contribution in [-0.4, -0.2) is 102 Å². The number of ether oxygens (including phenoxy) is 1. The number of carbonyl (C=O) groups is 3. The van der Waals surface area contributed by atoms with Crippen molar-refractivity contribution in [3.05, 3.63) is 70.5 Å². The molecule has 6 rings (SSSR count). The van der Waals surface area contributed by atoms with Gasteiger partial charge in [0.05, 0.1) is 24.0 Å². The number of amides is 3. The highest BCUT2D eigenvalue weighted by Gasteiger charge is 2.51. The summed E-state index contributed by atoms with van der Waals surface area (Å²) in [7, 11) is 0. The van der Waals surface area contributed by atoms with Crippen LogP contribution < -0.4 is 30.5 Å². The molecule has 4 heterocycles. The lowest BCUT2D eigenvalue weighted by atomic mass is 10.0. The molecular formula is C39H43ClF3N9O4S. The van der Waals surface area contributed by atoms with E-state index in [1.807, 2.05) is 19.1 Å². The van der Waals surface area contributed by atoms with Crippen molar-refractivity contribution in [1.82, 2.24) is 20.1 Å². The van der Waals surface area contributed by atoms with Gasteiger partial charge in [-0.15, -0.1) is 0 Å². The van der Waals surface area contributed by atoms with Gasteiger partial charge in [0.1, 0.15) is 24.0 Å². The van der Waals surface area contributed by atoms with Crippen LogP contribution in [0.2, 0.25) is 5.02 Å². The molecule has 1 aromatic heterocycles. The summed E-state index contributed by atoms with van der Waals surface area (Å²) in [6.45, 7) is 10.0. The summed E-state index contributed by atoms with van der Waals surface area (Å²) in [5.74, 6) is 0.0270. The number of pyridine rings is 1. The van der Waals surface area contributed by atoms with Gasteiger partial charge in [0.15, 0.2) is 10.8 Å². The highest BCUT2D eigenvalue weighted by molar-refractivity contribution is 7.81. The lowest BCUT2D eigenvalue weighted by Gasteiger charge is -2.34. The maximum atomic E-state index is 13.7. The number of hydrogen-bond donors (Lipinski definition) is 3. The molecule has 1 unspecified atom stereocenters. The molecule has 3 aromatic rings. The summed E-state index contributed by atoms with van der Waals surface area (Å²) in [5, 5.41) is 18.8. The quantitative estimate of drug-likeness (QED) is 0.201. The number of piperazine rings is 1. The number of nitriles is 1. The number of alkyl halides is 3. The third-order valence-electron chi connectivity index (χ3n) is 10.2. The molecule has 57 heavy (non-hydrogen) atoms.